The minimum absolute atomic E-state index is 0.224. The van der Waals surface area contributed by atoms with Gasteiger partial charge in [0.15, 0.2) is 0 Å². The molecule has 0 amide bonds. The van der Waals surface area contributed by atoms with Crippen molar-refractivity contribution in [2.45, 2.75) is 33.7 Å². The Morgan fingerprint density at radius 3 is 1.95 bits per heavy atom. The smallest absolute Gasteiger partial charge is 0.0580 e. The zero-order chi connectivity index (χ0) is 14.0. The predicted octanol–water partition coefficient (Wildman–Crippen LogP) is 3.62. The molecule has 19 heavy (non-hydrogen) atoms. The Morgan fingerprint density at radius 1 is 0.947 bits per heavy atom. The van der Waals surface area contributed by atoms with Crippen molar-refractivity contribution in [3.8, 4) is 0 Å². The molecule has 0 spiro atoms. The topological polar surface area (TPSA) is 24.9 Å². The zero-order valence-electron chi connectivity index (χ0n) is 12.4. The van der Waals surface area contributed by atoms with E-state index in [1.54, 1.807) is 0 Å². The van der Waals surface area contributed by atoms with Crippen molar-refractivity contribution in [2.75, 3.05) is 7.05 Å². The number of pyridine rings is 1. The van der Waals surface area contributed by atoms with Gasteiger partial charge in [-0.25, -0.2) is 0 Å². The third-order valence-corrected chi connectivity index (χ3v) is 4.04. The number of nitrogens with zero attached hydrogens (tertiary/aromatic N) is 1. The van der Waals surface area contributed by atoms with Gasteiger partial charge in [-0.15, -0.1) is 0 Å². The molecule has 0 aliphatic carbocycles. The first-order chi connectivity index (χ1) is 9.06. The molecule has 0 bridgehead atoms. The fourth-order valence-electron chi connectivity index (χ4n) is 2.71. The average molecular weight is 254 g/mol. The van der Waals surface area contributed by atoms with Gasteiger partial charge in [0.05, 0.1) is 6.04 Å². The van der Waals surface area contributed by atoms with E-state index >= 15 is 0 Å². The molecule has 1 heterocycles. The molecule has 2 rings (SSSR count). The van der Waals surface area contributed by atoms with E-state index < -0.39 is 0 Å². The summed E-state index contributed by atoms with van der Waals surface area (Å²) < 4.78 is 0. The molecule has 1 N–H and O–H groups in total. The van der Waals surface area contributed by atoms with E-state index in [-0.39, 0.29) is 6.04 Å². The van der Waals surface area contributed by atoms with Gasteiger partial charge in [0, 0.05) is 12.4 Å². The van der Waals surface area contributed by atoms with Gasteiger partial charge in [-0.05, 0) is 80.3 Å². The summed E-state index contributed by atoms with van der Waals surface area (Å²) in [4.78, 5) is 4.11. The fraction of sp³-hybridized carbons (Fsp3) is 0.353. The van der Waals surface area contributed by atoms with Gasteiger partial charge in [-0.2, -0.15) is 0 Å². The quantitative estimate of drug-likeness (QED) is 0.905. The lowest BCUT2D eigenvalue weighted by Gasteiger charge is -2.24. The molecule has 1 unspecified atom stereocenters. The first-order valence-electron chi connectivity index (χ1n) is 6.70. The van der Waals surface area contributed by atoms with Crippen molar-refractivity contribution < 1.29 is 0 Å². The number of aromatic nitrogens is 1. The zero-order valence-corrected chi connectivity index (χ0v) is 12.4. The van der Waals surface area contributed by atoms with Crippen LogP contribution in [-0.4, -0.2) is 12.0 Å². The molecular weight excluding hydrogens is 232 g/mol. The molecule has 0 fully saturated rings. The third kappa shape index (κ3) is 2.54. The van der Waals surface area contributed by atoms with Gasteiger partial charge in [0.25, 0.3) is 0 Å². The number of rotatable bonds is 3. The number of hydrogen-bond acceptors (Lipinski definition) is 2. The van der Waals surface area contributed by atoms with Crippen LogP contribution < -0.4 is 5.32 Å². The van der Waals surface area contributed by atoms with Crippen LogP contribution in [0.4, 0.5) is 0 Å². The highest BCUT2D eigenvalue weighted by Crippen LogP contribution is 2.31. The molecular formula is C17H22N2. The van der Waals surface area contributed by atoms with E-state index in [0.717, 1.165) is 0 Å². The van der Waals surface area contributed by atoms with Crippen LogP contribution in [0.5, 0.6) is 0 Å². The molecule has 1 aromatic carbocycles. The Kier molecular flexibility index (Phi) is 4.01. The van der Waals surface area contributed by atoms with Crippen LogP contribution in [0.1, 0.15) is 39.4 Å². The molecule has 0 radical (unpaired) electrons. The van der Waals surface area contributed by atoms with Crippen molar-refractivity contribution in [2.24, 2.45) is 0 Å². The summed E-state index contributed by atoms with van der Waals surface area (Å²) in [5.74, 6) is 0. The maximum absolute atomic E-state index is 4.11. The van der Waals surface area contributed by atoms with Gasteiger partial charge in [0.1, 0.15) is 0 Å². The van der Waals surface area contributed by atoms with Crippen LogP contribution in [-0.2, 0) is 0 Å². The lowest BCUT2D eigenvalue weighted by atomic mass is 9.87. The molecule has 0 saturated heterocycles. The van der Waals surface area contributed by atoms with E-state index in [1.165, 1.54) is 33.4 Å². The number of benzene rings is 1. The second-order valence-corrected chi connectivity index (χ2v) is 5.18. The number of hydrogen-bond donors (Lipinski definition) is 1. The Hall–Kier alpha value is -1.67. The lowest BCUT2D eigenvalue weighted by molar-refractivity contribution is 0.680. The molecule has 2 heteroatoms. The average Bonchev–Trinajstić information content (AvgIpc) is 2.42. The Morgan fingerprint density at radius 2 is 1.47 bits per heavy atom. The largest absolute Gasteiger partial charge is 0.309 e. The second-order valence-electron chi connectivity index (χ2n) is 5.18. The summed E-state index contributed by atoms with van der Waals surface area (Å²) in [7, 11) is 2.02. The first-order valence-corrected chi connectivity index (χ1v) is 6.70. The Labute approximate surface area is 115 Å². The summed E-state index contributed by atoms with van der Waals surface area (Å²) in [6.45, 7) is 8.79. The molecule has 0 aliphatic rings. The monoisotopic (exact) mass is 254 g/mol. The number of aryl methyl sites for hydroxylation is 2. The maximum atomic E-state index is 4.11. The molecule has 1 atom stereocenters. The first kappa shape index (κ1) is 13.8. The van der Waals surface area contributed by atoms with Crippen molar-refractivity contribution in [1.82, 2.24) is 10.3 Å². The standard InChI is InChI=1S/C17H22N2/c1-11-10-12(2)14(4)16(13(11)3)17(18-5)15-6-8-19-9-7-15/h6-10,17-18H,1-5H3. The van der Waals surface area contributed by atoms with Crippen LogP contribution in [0.15, 0.2) is 30.6 Å². The van der Waals surface area contributed by atoms with Gasteiger partial charge < -0.3 is 5.32 Å². The van der Waals surface area contributed by atoms with Crippen molar-refractivity contribution in [3.05, 3.63) is 64.0 Å². The van der Waals surface area contributed by atoms with Crippen LogP contribution >= 0.6 is 0 Å². The molecule has 1 aromatic heterocycles. The second kappa shape index (κ2) is 5.54. The normalized spacial score (nSPS) is 12.5. The molecule has 2 nitrogen and oxygen atoms in total. The van der Waals surface area contributed by atoms with Crippen molar-refractivity contribution in [1.29, 1.82) is 0 Å². The summed E-state index contributed by atoms with van der Waals surface area (Å²) >= 11 is 0. The van der Waals surface area contributed by atoms with Gasteiger partial charge in [-0.3, -0.25) is 4.98 Å². The summed E-state index contributed by atoms with van der Waals surface area (Å²) in [5.41, 5.74) is 8.11. The van der Waals surface area contributed by atoms with Crippen LogP contribution in [0.2, 0.25) is 0 Å². The van der Waals surface area contributed by atoms with Gasteiger partial charge >= 0.3 is 0 Å². The van der Waals surface area contributed by atoms with Gasteiger partial charge in [-0.1, -0.05) is 6.07 Å². The van der Waals surface area contributed by atoms with E-state index in [4.69, 9.17) is 0 Å². The fourth-order valence-corrected chi connectivity index (χ4v) is 2.71. The predicted molar refractivity (Wildman–Crippen MR) is 80.5 cm³/mol. The van der Waals surface area contributed by atoms with E-state index in [0.29, 0.717) is 0 Å². The Balaban J connectivity index is 2.62. The highest BCUT2D eigenvalue weighted by Gasteiger charge is 2.18. The van der Waals surface area contributed by atoms with E-state index in [1.807, 2.05) is 19.4 Å². The molecule has 100 valence electrons. The van der Waals surface area contributed by atoms with Gasteiger partial charge in [0.2, 0.25) is 0 Å². The molecule has 0 aliphatic heterocycles. The highest BCUT2D eigenvalue weighted by atomic mass is 14.9. The van der Waals surface area contributed by atoms with Crippen molar-refractivity contribution >= 4 is 0 Å². The highest BCUT2D eigenvalue weighted by molar-refractivity contribution is 5.48. The van der Waals surface area contributed by atoms with Crippen LogP contribution in [0, 0.1) is 27.7 Å². The minimum Gasteiger partial charge on any atom is -0.309 e. The summed E-state index contributed by atoms with van der Waals surface area (Å²) in [6.07, 6.45) is 3.71. The lowest BCUT2D eigenvalue weighted by Crippen LogP contribution is -2.20. The maximum Gasteiger partial charge on any atom is 0.0580 e. The van der Waals surface area contributed by atoms with E-state index in [9.17, 15) is 0 Å². The third-order valence-electron chi connectivity index (χ3n) is 4.04. The van der Waals surface area contributed by atoms with Crippen molar-refractivity contribution in [3.63, 3.8) is 0 Å². The summed E-state index contributed by atoms with van der Waals surface area (Å²) in [6, 6.07) is 6.66. The van der Waals surface area contributed by atoms with E-state index in [2.05, 4.69) is 56.2 Å². The molecule has 0 saturated carbocycles. The number of nitrogens with one attached hydrogen (secondary N) is 1. The SMILES string of the molecule is CNC(c1ccncc1)c1c(C)c(C)cc(C)c1C. The van der Waals surface area contributed by atoms with Crippen LogP contribution in [0.3, 0.4) is 0 Å². The minimum atomic E-state index is 0.224. The Bertz CT molecular complexity index is 547. The van der Waals surface area contributed by atoms with Crippen LogP contribution in [0.25, 0.3) is 0 Å². The molecule has 2 aromatic rings. The summed E-state index contributed by atoms with van der Waals surface area (Å²) in [5, 5.41) is 3.44.